The number of aromatic amines is 1. The van der Waals surface area contributed by atoms with Gasteiger partial charge in [0.2, 0.25) is 11.8 Å². The van der Waals surface area contributed by atoms with Crippen LogP contribution in [0.4, 0.5) is 0 Å². The smallest absolute Gasteiger partial charge is 0.227 e. The molecule has 1 spiro atoms. The summed E-state index contributed by atoms with van der Waals surface area (Å²) in [5, 5.41) is 6.70. The van der Waals surface area contributed by atoms with Crippen molar-refractivity contribution in [3.63, 3.8) is 0 Å². The Morgan fingerprint density at radius 3 is 3.22 bits per heavy atom. The Morgan fingerprint density at radius 2 is 2.39 bits per heavy atom. The molecule has 23 heavy (non-hydrogen) atoms. The Labute approximate surface area is 135 Å². The number of aryl methyl sites for hydroxylation is 1. The van der Waals surface area contributed by atoms with Crippen molar-refractivity contribution in [2.75, 3.05) is 19.7 Å². The molecule has 7 heteroatoms. The van der Waals surface area contributed by atoms with E-state index >= 15 is 0 Å². The molecule has 4 heterocycles. The van der Waals surface area contributed by atoms with Gasteiger partial charge in [-0.15, -0.1) is 0 Å². The number of aromatic nitrogens is 2. The summed E-state index contributed by atoms with van der Waals surface area (Å²) in [5.41, 5.74) is 0.587. The highest BCUT2D eigenvalue weighted by atomic mass is 16.5. The van der Waals surface area contributed by atoms with Gasteiger partial charge in [0, 0.05) is 32.1 Å². The Hall–Kier alpha value is -1.89. The van der Waals surface area contributed by atoms with Gasteiger partial charge in [0.05, 0.1) is 25.3 Å². The second kappa shape index (κ2) is 5.63. The van der Waals surface area contributed by atoms with E-state index in [2.05, 4.69) is 10.2 Å². The predicted octanol–water partition coefficient (Wildman–Crippen LogP) is 0.682. The molecule has 0 bridgehead atoms. The van der Waals surface area contributed by atoms with Gasteiger partial charge in [0.15, 0.2) is 5.72 Å². The molecule has 124 valence electrons. The van der Waals surface area contributed by atoms with Crippen molar-refractivity contribution >= 4 is 11.8 Å². The summed E-state index contributed by atoms with van der Waals surface area (Å²) < 4.78 is 6.03. The molecule has 3 saturated heterocycles. The summed E-state index contributed by atoms with van der Waals surface area (Å²) in [6.07, 6.45) is 7.84. The van der Waals surface area contributed by atoms with E-state index in [4.69, 9.17) is 4.74 Å². The fraction of sp³-hybridized carbons (Fsp3) is 0.688. The molecule has 3 fully saturated rings. The van der Waals surface area contributed by atoms with Gasteiger partial charge in [-0.1, -0.05) is 0 Å². The number of rotatable bonds is 4. The summed E-state index contributed by atoms with van der Waals surface area (Å²) >= 11 is 0. The first-order chi connectivity index (χ1) is 11.2. The van der Waals surface area contributed by atoms with Crippen molar-refractivity contribution in [1.29, 1.82) is 0 Å². The molecule has 0 radical (unpaired) electrons. The third-order valence-corrected chi connectivity index (χ3v) is 5.34. The normalized spacial score (nSPS) is 29.7. The van der Waals surface area contributed by atoms with Crippen LogP contribution in [0, 0.1) is 0 Å². The summed E-state index contributed by atoms with van der Waals surface area (Å²) in [4.78, 5) is 28.6. The lowest BCUT2D eigenvalue weighted by molar-refractivity contribution is -0.181. The van der Waals surface area contributed by atoms with Crippen molar-refractivity contribution in [3.8, 4) is 0 Å². The minimum absolute atomic E-state index is 0.100. The van der Waals surface area contributed by atoms with E-state index in [0.29, 0.717) is 26.0 Å². The largest absolute Gasteiger partial charge is 0.353 e. The average molecular weight is 318 g/mol. The standard InChI is InChI=1S/C16H22N4O3/c21-14(4-1-3-12-10-17-18-11-12)19-7-5-16-13(19)9-15(22)20(16)6-2-8-23-16/h10-11,13H,1-9H2,(H,17,18)/t13-,16+/m1/s1. The van der Waals surface area contributed by atoms with Gasteiger partial charge >= 0.3 is 0 Å². The monoisotopic (exact) mass is 318 g/mol. The Kier molecular flexibility index (Phi) is 3.60. The third-order valence-electron chi connectivity index (χ3n) is 5.34. The van der Waals surface area contributed by atoms with Crippen molar-refractivity contribution in [2.24, 2.45) is 0 Å². The van der Waals surface area contributed by atoms with Gasteiger partial charge in [-0.05, 0) is 24.8 Å². The second-order valence-corrected chi connectivity index (χ2v) is 6.61. The molecule has 1 N–H and O–H groups in total. The first kappa shape index (κ1) is 14.7. The fourth-order valence-corrected chi connectivity index (χ4v) is 4.25. The molecule has 4 rings (SSSR count). The highest BCUT2D eigenvalue weighted by molar-refractivity contribution is 5.84. The Bertz CT molecular complexity index is 602. The fourth-order valence-electron chi connectivity index (χ4n) is 4.25. The van der Waals surface area contributed by atoms with E-state index in [1.807, 2.05) is 16.0 Å². The SMILES string of the molecule is O=C(CCCc1cn[nH]c1)N1CC[C@@]23OCCCN2C(=O)C[C@@H]13. The molecule has 7 nitrogen and oxygen atoms in total. The number of nitrogens with zero attached hydrogens (tertiary/aromatic N) is 3. The topological polar surface area (TPSA) is 78.5 Å². The molecule has 3 aliphatic rings. The van der Waals surface area contributed by atoms with E-state index in [1.54, 1.807) is 6.20 Å². The minimum atomic E-state index is -0.532. The lowest BCUT2D eigenvalue weighted by Gasteiger charge is -2.42. The van der Waals surface area contributed by atoms with E-state index in [9.17, 15) is 9.59 Å². The summed E-state index contributed by atoms with van der Waals surface area (Å²) in [7, 11) is 0. The van der Waals surface area contributed by atoms with Crippen LogP contribution in [0.1, 0.15) is 37.7 Å². The third kappa shape index (κ3) is 2.34. The maximum atomic E-state index is 12.6. The maximum Gasteiger partial charge on any atom is 0.227 e. The van der Waals surface area contributed by atoms with Gasteiger partial charge in [-0.2, -0.15) is 5.10 Å². The van der Waals surface area contributed by atoms with Crippen LogP contribution >= 0.6 is 0 Å². The molecular weight excluding hydrogens is 296 g/mol. The van der Waals surface area contributed by atoms with Gasteiger partial charge in [-0.3, -0.25) is 14.7 Å². The van der Waals surface area contributed by atoms with Crippen LogP contribution < -0.4 is 0 Å². The highest BCUT2D eigenvalue weighted by Crippen LogP contribution is 2.45. The number of ether oxygens (including phenoxy) is 1. The van der Waals surface area contributed by atoms with E-state index in [-0.39, 0.29) is 17.9 Å². The Morgan fingerprint density at radius 1 is 1.48 bits per heavy atom. The predicted molar refractivity (Wildman–Crippen MR) is 81.3 cm³/mol. The van der Waals surface area contributed by atoms with Crippen molar-refractivity contribution < 1.29 is 14.3 Å². The van der Waals surface area contributed by atoms with Crippen LogP contribution in [0.5, 0.6) is 0 Å². The maximum absolute atomic E-state index is 12.6. The molecule has 2 atom stereocenters. The van der Waals surface area contributed by atoms with E-state index < -0.39 is 5.72 Å². The van der Waals surface area contributed by atoms with Crippen molar-refractivity contribution in [2.45, 2.75) is 50.3 Å². The minimum Gasteiger partial charge on any atom is -0.353 e. The number of carbonyl (C=O) groups excluding carboxylic acids is 2. The molecule has 2 amide bonds. The number of nitrogens with one attached hydrogen (secondary N) is 1. The molecule has 3 aliphatic heterocycles. The number of hydrogen-bond donors (Lipinski definition) is 1. The van der Waals surface area contributed by atoms with Crippen LogP contribution in [-0.4, -0.2) is 63.3 Å². The molecular formula is C16H22N4O3. The number of amides is 2. The first-order valence-electron chi connectivity index (χ1n) is 8.42. The quantitative estimate of drug-likeness (QED) is 0.885. The molecule has 0 unspecified atom stereocenters. The first-order valence-corrected chi connectivity index (χ1v) is 8.42. The molecule has 1 aromatic heterocycles. The van der Waals surface area contributed by atoms with E-state index in [1.165, 1.54) is 0 Å². The number of likely N-dealkylation sites (tertiary alicyclic amines) is 1. The highest BCUT2D eigenvalue weighted by Gasteiger charge is 2.61. The number of hydrogen-bond acceptors (Lipinski definition) is 4. The van der Waals surface area contributed by atoms with Crippen LogP contribution in [0.3, 0.4) is 0 Å². The number of carbonyl (C=O) groups is 2. The van der Waals surface area contributed by atoms with Gasteiger partial charge in [-0.25, -0.2) is 0 Å². The second-order valence-electron chi connectivity index (χ2n) is 6.61. The van der Waals surface area contributed by atoms with Gasteiger partial charge in [0.25, 0.3) is 0 Å². The number of H-pyrrole nitrogens is 1. The van der Waals surface area contributed by atoms with Crippen molar-refractivity contribution in [3.05, 3.63) is 18.0 Å². The lowest BCUT2D eigenvalue weighted by atomic mass is 10.0. The zero-order valence-corrected chi connectivity index (χ0v) is 13.2. The summed E-state index contributed by atoms with van der Waals surface area (Å²) in [6, 6.07) is -0.100. The average Bonchev–Trinajstić information content (AvgIpc) is 3.23. The van der Waals surface area contributed by atoms with E-state index in [0.717, 1.165) is 37.8 Å². The summed E-state index contributed by atoms with van der Waals surface area (Å²) in [5.74, 6) is 0.268. The summed E-state index contributed by atoms with van der Waals surface area (Å²) in [6.45, 7) is 2.14. The molecule has 0 saturated carbocycles. The van der Waals surface area contributed by atoms with Crippen LogP contribution in [0.2, 0.25) is 0 Å². The van der Waals surface area contributed by atoms with Crippen LogP contribution in [0.25, 0.3) is 0 Å². The molecule has 0 aliphatic carbocycles. The zero-order chi connectivity index (χ0) is 15.9. The van der Waals surface area contributed by atoms with Gasteiger partial charge < -0.3 is 14.5 Å². The zero-order valence-electron chi connectivity index (χ0n) is 13.2. The molecule has 1 aromatic rings. The van der Waals surface area contributed by atoms with Crippen LogP contribution in [0.15, 0.2) is 12.4 Å². The molecule has 0 aromatic carbocycles. The van der Waals surface area contributed by atoms with Crippen LogP contribution in [-0.2, 0) is 20.7 Å². The Balaban J connectivity index is 1.40. The lowest BCUT2D eigenvalue weighted by Crippen LogP contribution is -2.56. The van der Waals surface area contributed by atoms with Gasteiger partial charge in [0.1, 0.15) is 0 Å². The van der Waals surface area contributed by atoms with Crippen molar-refractivity contribution in [1.82, 2.24) is 20.0 Å².